The molecule has 21 heavy (non-hydrogen) atoms. The van der Waals surface area contributed by atoms with E-state index >= 15 is 0 Å². The van der Waals surface area contributed by atoms with Gasteiger partial charge in [0.05, 0.1) is 22.8 Å². The zero-order valence-corrected chi connectivity index (χ0v) is 11.5. The molecule has 2 aromatic rings. The van der Waals surface area contributed by atoms with Crippen LogP contribution in [0.2, 0.25) is 0 Å². The van der Waals surface area contributed by atoms with E-state index in [2.05, 4.69) is 11.4 Å². The molecule has 0 saturated heterocycles. The van der Waals surface area contributed by atoms with Crippen molar-refractivity contribution in [1.29, 1.82) is 15.8 Å². The smallest absolute Gasteiger partial charge is 0.101 e. The summed E-state index contributed by atoms with van der Waals surface area (Å²) in [5.41, 5.74) is 3.07. The van der Waals surface area contributed by atoms with E-state index < -0.39 is 0 Å². The summed E-state index contributed by atoms with van der Waals surface area (Å²) in [5, 5.41) is 30.1. The molecule has 2 rings (SSSR count). The number of nitriles is 3. The van der Waals surface area contributed by atoms with Gasteiger partial charge in [-0.15, -0.1) is 0 Å². The number of benzene rings is 2. The second-order valence-electron chi connectivity index (χ2n) is 4.59. The summed E-state index contributed by atoms with van der Waals surface area (Å²) in [4.78, 5) is 0. The highest BCUT2D eigenvalue weighted by Crippen LogP contribution is 2.22. The Bertz CT molecular complexity index is 788. The molecular formula is C17H12N4. The highest BCUT2D eigenvalue weighted by atomic mass is 14.9. The fraction of sp³-hybridized carbons (Fsp3) is 0.118. The van der Waals surface area contributed by atoms with Crippen molar-refractivity contribution in [3.8, 4) is 18.2 Å². The molecule has 2 aromatic carbocycles. The summed E-state index contributed by atoms with van der Waals surface area (Å²) >= 11 is 0. The molecule has 1 unspecified atom stereocenters. The largest absolute Gasteiger partial charge is 0.378 e. The second kappa shape index (κ2) is 6.24. The fourth-order valence-corrected chi connectivity index (χ4v) is 2.03. The maximum atomic E-state index is 9.03. The van der Waals surface area contributed by atoms with Gasteiger partial charge >= 0.3 is 0 Å². The molecule has 4 nitrogen and oxygen atoms in total. The lowest BCUT2D eigenvalue weighted by Crippen LogP contribution is -2.07. The summed E-state index contributed by atoms with van der Waals surface area (Å²) in [6.07, 6.45) is 0. The van der Waals surface area contributed by atoms with E-state index in [9.17, 15) is 0 Å². The first-order chi connectivity index (χ1) is 10.2. The Morgan fingerprint density at radius 1 is 0.905 bits per heavy atom. The molecule has 0 spiro atoms. The van der Waals surface area contributed by atoms with Gasteiger partial charge in [0.1, 0.15) is 12.1 Å². The molecule has 0 radical (unpaired) electrons. The van der Waals surface area contributed by atoms with Crippen molar-refractivity contribution in [1.82, 2.24) is 0 Å². The molecule has 0 saturated carbocycles. The Hall–Kier alpha value is -3.29. The predicted octanol–water partition coefficient (Wildman–Crippen LogP) is 3.47. The second-order valence-corrected chi connectivity index (χ2v) is 4.59. The molecule has 0 fully saturated rings. The maximum Gasteiger partial charge on any atom is 0.101 e. The fourth-order valence-electron chi connectivity index (χ4n) is 2.03. The van der Waals surface area contributed by atoms with Crippen LogP contribution in [0.4, 0.5) is 5.69 Å². The van der Waals surface area contributed by atoms with Crippen molar-refractivity contribution in [2.75, 3.05) is 5.32 Å². The van der Waals surface area contributed by atoms with E-state index in [1.165, 1.54) is 0 Å². The topological polar surface area (TPSA) is 83.4 Å². The standard InChI is InChI=1S/C17H12N4/c1-12(14-4-2-3-13(7-14)9-18)21-17-6-5-15(10-19)16(8-17)11-20/h2-8,12,21H,1H3. The van der Waals surface area contributed by atoms with Gasteiger partial charge in [-0.2, -0.15) is 15.8 Å². The van der Waals surface area contributed by atoms with Crippen molar-refractivity contribution < 1.29 is 0 Å². The van der Waals surface area contributed by atoms with Gasteiger partial charge in [0.15, 0.2) is 0 Å². The third kappa shape index (κ3) is 3.18. The summed E-state index contributed by atoms with van der Waals surface area (Å²) in [5.74, 6) is 0. The lowest BCUT2D eigenvalue weighted by atomic mass is 10.0. The quantitative estimate of drug-likeness (QED) is 0.927. The normalized spacial score (nSPS) is 10.8. The van der Waals surface area contributed by atoms with Crippen LogP contribution in [0, 0.1) is 34.0 Å². The molecule has 0 heterocycles. The third-order valence-electron chi connectivity index (χ3n) is 3.16. The number of nitrogens with one attached hydrogen (secondary N) is 1. The number of rotatable bonds is 3. The van der Waals surface area contributed by atoms with Gasteiger partial charge in [0.25, 0.3) is 0 Å². The van der Waals surface area contributed by atoms with Gasteiger partial charge in [-0.25, -0.2) is 0 Å². The minimum atomic E-state index is -0.0159. The van der Waals surface area contributed by atoms with Crippen molar-refractivity contribution in [2.24, 2.45) is 0 Å². The van der Waals surface area contributed by atoms with Crippen LogP contribution < -0.4 is 5.32 Å². The van der Waals surface area contributed by atoms with Crippen LogP contribution in [0.3, 0.4) is 0 Å². The molecule has 4 heteroatoms. The lowest BCUT2D eigenvalue weighted by molar-refractivity contribution is 0.884. The number of anilines is 1. The summed E-state index contributed by atoms with van der Waals surface area (Å²) in [6, 6.07) is 18.5. The van der Waals surface area contributed by atoms with Gasteiger partial charge in [-0.1, -0.05) is 12.1 Å². The molecule has 1 atom stereocenters. The van der Waals surface area contributed by atoms with Crippen molar-refractivity contribution in [3.63, 3.8) is 0 Å². The monoisotopic (exact) mass is 272 g/mol. The van der Waals surface area contributed by atoms with Gasteiger partial charge in [0.2, 0.25) is 0 Å². The Kier molecular flexibility index (Phi) is 4.20. The van der Waals surface area contributed by atoms with Gasteiger partial charge in [-0.05, 0) is 42.8 Å². The average Bonchev–Trinajstić information content (AvgIpc) is 2.54. The lowest BCUT2D eigenvalue weighted by Gasteiger charge is -2.16. The van der Waals surface area contributed by atoms with Crippen LogP contribution in [-0.4, -0.2) is 0 Å². The van der Waals surface area contributed by atoms with Crippen LogP contribution in [0.1, 0.15) is 35.2 Å². The highest BCUT2D eigenvalue weighted by Gasteiger charge is 2.08. The maximum absolute atomic E-state index is 9.03. The molecule has 0 aromatic heterocycles. The third-order valence-corrected chi connectivity index (χ3v) is 3.16. The Balaban J connectivity index is 2.24. The van der Waals surface area contributed by atoms with Crippen molar-refractivity contribution >= 4 is 5.69 Å². The predicted molar refractivity (Wildman–Crippen MR) is 79.1 cm³/mol. The Morgan fingerprint density at radius 3 is 2.33 bits per heavy atom. The molecule has 0 bridgehead atoms. The summed E-state index contributed by atoms with van der Waals surface area (Å²) < 4.78 is 0. The molecule has 0 aliphatic heterocycles. The van der Waals surface area contributed by atoms with Crippen molar-refractivity contribution in [2.45, 2.75) is 13.0 Å². The van der Waals surface area contributed by atoms with Crippen LogP contribution in [-0.2, 0) is 0 Å². The average molecular weight is 272 g/mol. The first kappa shape index (κ1) is 14.1. The zero-order valence-electron chi connectivity index (χ0n) is 11.5. The van der Waals surface area contributed by atoms with Gasteiger partial charge in [-0.3, -0.25) is 0 Å². The minimum Gasteiger partial charge on any atom is -0.378 e. The molecule has 0 aliphatic rings. The summed E-state index contributed by atoms with van der Waals surface area (Å²) in [6.45, 7) is 1.97. The first-order valence-corrected chi connectivity index (χ1v) is 6.38. The molecular weight excluding hydrogens is 260 g/mol. The molecule has 0 aliphatic carbocycles. The summed E-state index contributed by atoms with van der Waals surface area (Å²) in [7, 11) is 0. The van der Waals surface area contributed by atoms with E-state index in [1.807, 2.05) is 37.3 Å². The zero-order chi connectivity index (χ0) is 15.2. The van der Waals surface area contributed by atoms with E-state index in [0.29, 0.717) is 16.7 Å². The number of hydrogen-bond acceptors (Lipinski definition) is 4. The molecule has 100 valence electrons. The van der Waals surface area contributed by atoms with E-state index in [4.69, 9.17) is 15.8 Å². The van der Waals surface area contributed by atoms with Crippen LogP contribution >= 0.6 is 0 Å². The van der Waals surface area contributed by atoms with Crippen LogP contribution in [0.15, 0.2) is 42.5 Å². The van der Waals surface area contributed by atoms with E-state index in [0.717, 1.165) is 11.3 Å². The van der Waals surface area contributed by atoms with E-state index in [-0.39, 0.29) is 6.04 Å². The highest BCUT2D eigenvalue weighted by molar-refractivity contribution is 5.57. The van der Waals surface area contributed by atoms with Crippen molar-refractivity contribution in [3.05, 3.63) is 64.7 Å². The van der Waals surface area contributed by atoms with E-state index in [1.54, 1.807) is 24.3 Å². The van der Waals surface area contributed by atoms with Gasteiger partial charge < -0.3 is 5.32 Å². The van der Waals surface area contributed by atoms with Crippen LogP contribution in [0.25, 0.3) is 0 Å². The Morgan fingerprint density at radius 2 is 1.67 bits per heavy atom. The number of hydrogen-bond donors (Lipinski definition) is 1. The minimum absolute atomic E-state index is 0.0159. The van der Waals surface area contributed by atoms with Gasteiger partial charge in [0, 0.05) is 11.7 Å². The van der Waals surface area contributed by atoms with Crippen LogP contribution in [0.5, 0.6) is 0 Å². The Labute approximate surface area is 123 Å². The molecule has 0 amide bonds. The first-order valence-electron chi connectivity index (χ1n) is 6.38. The number of nitrogens with zero attached hydrogens (tertiary/aromatic N) is 3. The SMILES string of the molecule is CC(Nc1ccc(C#N)c(C#N)c1)c1cccc(C#N)c1. The molecule has 1 N–H and O–H groups in total.